The van der Waals surface area contributed by atoms with Crippen LogP contribution in [-0.4, -0.2) is 40.0 Å². The lowest BCUT2D eigenvalue weighted by Gasteiger charge is -2.40. The highest BCUT2D eigenvalue weighted by Crippen LogP contribution is 2.14. The number of hydrogen-bond donors (Lipinski definition) is 1. The van der Waals surface area contributed by atoms with Gasteiger partial charge in [0.05, 0.1) is 5.69 Å². The van der Waals surface area contributed by atoms with Gasteiger partial charge in [0.2, 0.25) is 0 Å². The minimum absolute atomic E-state index is 0.569. The molecule has 1 saturated heterocycles. The molecule has 0 aliphatic carbocycles. The van der Waals surface area contributed by atoms with Crippen molar-refractivity contribution in [2.75, 3.05) is 13.1 Å². The van der Waals surface area contributed by atoms with E-state index in [1.807, 2.05) is 12.3 Å². The summed E-state index contributed by atoms with van der Waals surface area (Å²) < 4.78 is 0. The van der Waals surface area contributed by atoms with Crippen LogP contribution in [0.3, 0.4) is 0 Å². The van der Waals surface area contributed by atoms with E-state index < -0.39 is 0 Å². The van der Waals surface area contributed by atoms with Crippen LogP contribution in [0.15, 0.2) is 18.6 Å². The summed E-state index contributed by atoms with van der Waals surface area (Å²) in [5.41, 5.74) is 1.11. The summed E-state index contributed by atoms with van der Waals surface area (Å²) in [5, 5.41) is 3.61. The van der Waals surface area contributed by atoms with Crippen LogP contribution in [-0.2, 0) is 6.54 Å². The van der Waals surface area contributed by atoms with Crippen LogP contribution in [0, 0.1) is 5.92 Å². The predicted molar refractivity (Wildman–Crippen MR) is 68.5 cm³/mol. The highest BCUT2D eigenvalue weighted by atomic mass is 15.2. The molecule has 0 amide bonds. The Balaban J connectivity index is 1.99. The molecule has 0 radical (unpaired) electrons. The number of aromatic nitrogens is 2. The maximum absolute atomic E-state index is 4.30. The van der Waals surface area contributed by atoms with Crippen molar-refractivity contribution in [2.24, 2.45) is 5.92 Å². The third kappa shape index (κ3) is 3.23. The molecule has 0 aromatic carbocycles. The topological polar surface area (TPSA) is 41.1 Å². The number of hydrogen-bond acceptors (Lipinski definition) is 4. The summed E-state index contributed by atoms with van der Waals surface area (Å²) >= 11 is 0. The highest BCUT2D eigenvalue weighted by molar-refractivity contribution is 4.99. The van der Waals surface area contributed by atoms with Crippen LogP contribution in [0.25, 0.3) is 0 Å². The van der Waals surface area contributed by atoms with Crippen molar-refractivity contribution < 1.29 is 0 Å². The molecule has 1 fully saturated rings. The molecule has 4 heteroatoms. The lowest BCUT2D eigenvalue weighted by atomic mass is 9.99. The van der Waals surface area contributed by atoms with Gasteiger partial charge in [0.1, 0.15) is 6.33 Å². The predicted octanol–water partition coefficient (Wildman–Crippen LogP) is 1.29. The van der Waals surface area contributed by atoms with E-state index in [0.717, 1.165) is 25.3 Å². The van der Waals surface area contributed by atoms with Crippen molar-refractivity contribution in [1.29, 1.82) is 0 Å². The van der Waals surface area contributed by atoms with Crippen LogP contribution in [0.2, 0.25) is 0 Å². The van der Waals surface area contributed by atoms with Gasteiger partial charge in [-0.25, -0.2) is 9.97 Å². The first kappa shape index (κ1) is 12.5. The standard InChI is InChI=1S/C13H22N4/c1-10(2)13-8-17(11(3)6-15-13)7-12-4-5-14-9-16-12/h4-5,9-11,13,15H,6-8H2,1-3H3. The van der Waals surface area contributed by atoms with E-state index in [1.165, 1.54) is 0 Å². The second kappa shape index (κ2) is 5.56. The number of piperazine rings is 1. The molecule has 94 valence electrons. The van der Waals surface area contributed by atoms with E-state index in [0.29, 0.717) is 18.0 Å². The first-order valence-corrected chi connectivity index (χ1v) is 6.39. The van der Waals surface area contributed by atoms with E-state index in [1.54, 1.807) is 6.33 Å². The zero-order valence-electron chi connectivity index (χ0n) is 10.9. The summed E-state index contributed by atoms with van der Waals surface area (Å²) in [5.74, 6) is 0.676. The van der Waals surface area contributed by atoms with Crippen LogP contribution in [0.1, 0.15) is 26.5 Å². The number of nitrogens with zero attached hydrogens (tertiary/aromatic N) is 3. The van der Waals surface area contributed by atoms with Crippen molar-refractivity contribution in [3.63, 3.8) is 0 Å². The Morgan fingerprint density at radius 3 is 3.00 bits per heavy atom. The first-order chi connectivity index (χ1) is 8.16. The fourth-order valence-electron chi connectivity index (χ4n) is 2.23. The van der Waals surface area contributed by atoms with Crippen molar-refractivity contribution in [3.8, 4) is 0 Å². The Morgan fingerprint density at radius 2 is 2.35 bits per heavy atom. The molecule has 1 aliphatic heterocycles. The Kier molecular flexibility index (Phi) is 4.07. The van der Waals surface area contributed by atoms with Gasteiger partial charge in [0.15, 0.2) is 0 Å². The molecule has 1 aliphatic rings. The molecule has 1 N–H and O–H groups in total. The number of rotatable bonds is 3. The van der Waals surface area contributed by atoms with Gasteiger partial charge in [0, 0.05) is 37.9 Å². The van der Waals surface area contributed by atoms with Gasteiger partial charge in [-0.15, -0.1) is 0 Å². The minimum atomic E-state index is 0.569. The highest BCUT2D eigenvalue weighted by Gasteiger charge is 2.26. The monoisotopic (exact) mass is 234 g/mol. The van der Waals surface area contributed by atoms with Gasteiger partial charge in [0.25, 0.3) is 0 Å². The molecule has 0 spiro atoms. The van der Waals surface area contributed by atoms with Gasteiger partial charge in [-0.3, -0.25) is 4.90 Å². The average molecular weight is 234 g/mol. The molecule has 17 heavy (non-hydrogen) atoms. The van der Waals surface area contributed by atoms with E-state index in [9.17, 15) is 0 Å². The van der Waals surface area contributed by atoms with Crippen molar-refractivity contribution in [1.82, 2.24) is 20.2 Å². The molecule has 2 rings (SSSR count). The molecule has 0 saturated carbocycles. The third-order valence-corrected chi connectivity index (χ3v) is 3.54. The molecule has 2 heterocycles. The second-order valence-corrected chi connectivity index (χ2v) is 5.24. The number of nitrogens with one attached hydrogen (secondary N) is 1. The van der Waals surface area contributed by atoms with E-state index in [-0.39, 0.29) is 0 Å². The van der Waals surface area contributed by atoms with Crippen LogP contribution in [0.4, 0.5) is 0 Å². The lowest BCUT2D eigenvalue weighted by molar-refractivity contribution is 0.115. The van der Waals surface area contributed by atoms with Gasteiger partial charge >= 0.3 is 0 Å². The Morgan fingerprint density at radius 1 is 1.53 bits per heavy atom. The van der Waals surface area contributed by atoms with Crippen molar-refractivity contribution in [2.45, 2.75) is 39.4 Å². The van der Waals surface area contributed by atoms with Crippen molar-refractivity contribution >= 4 is 0 Å². The smallest absolute Gasteiger partial charge is 0.115 e. The normalized spacial score (nSPS) is 26.4. The van der Waals surface area contributed by atoms with Crippen LogP contribution >= 0.6 is 0 Å². The molecular weight excluding hydrogens is 212 g/mol. The Bertz CT molecular complexity index is 339. The first-order valence-electron chi connectivity index (χ1n) is 6.39. The van der Waals surface area contributed by atoms with E-state index in [2.05, 4.69) is 41.0 Å². The summed E-state index contributed by atoms with van der Waals surface area (Å²) in [7, 11) is 0. The third-order valence-electron chi connectivity index (χ3n) is 3.54. The van der Waals surface area contributed by atoms with Gasteiger partial charge in [-0.2, -0.15) is 0 Å². The minimum Gasteiger partial charge on any atom is -0.311 e. The largest absolute Gasteiger partial charge is 0.311 e. The fourth-order valence-corrected chi connectivity index (χ4v) is 2.23. The zero-order chi connectivity index (χ0) is 12.3. The molecule has 1 aromatic heterocycles. The molecule has 2 atom stereocenters. The van der Waals surface area contributed by atoms with Gasteiger partial charge in [-0.1, -0.05) is 13.8 Å². The molecule has 0 bridgehead atoms. The quantitative estimate of drug-likeness (QED) is 0.856. The van der Waals surface area contributed by atoms with Crippen molar-refractivity contribution in [3.05, 3.63) is 24.3 Å². The maximum Gasteiger partial charge on any atom is 0.115 e. The Hall–Kier alpha value is -1.00. The molecule has 1 aromatic rings. The van der Waals surface area contributed by atoms with E-state index >= 15 is 0 Å². The van der Waals surface area contributed by atoms with Gasteiger partial charge < -0.3 is 5.32 Å². The molecular formula is C13H22N4. The fraction of sp³-hybridized carbons (Fsp3) is 0.692. The summed E-state index contributed by atoms with van der Waals surface area (Å²) in [4.78, 5) is 10.8. The lowest BCUT2D eigenvalue weighted by Crippen LogP contribution is -2.56. The maximum atomic E-state index is 4.30. The van der Waals surface area contributed by atoms with Gasteiger partial charge in [-0.05, 0) is 18.9 Å². The second-order valence-electron chi connectivity index (χ2n) is 5.24. The molecule has 4 nitrogen and oxygen atoms in total. The van der Waals surface area contributed by atoms with Crippen LogP contribution < -0.4 is 5.32 Å². The zero-order valence-corrected chi connectivity index (χ0v) is 10.9. The Labute approximate surface area is 103 Å². The molecule has 2 unspecified atom stereocenters. The van der Waals surface area contributed by atoms with Crippen LogP contribution in [0.5, 0.6) is 0 Å². The van der Waals surface area contributed by atoms with E-state index in [4.69, 9.17) is 0 Å². The average Bonchev–Trinajstić information content (AvgIpc) is 2.33. The summed E-state index contributed by atoms with van der Waals surface area (Å²) in [6.45, 7) is 9.91. The SMILES string of the molecule is CC(C)C1CN(Cc2ccncn2)C(C)CN1. The summed E-state index contributed by atoms with van der Waals surface area (Å²) in [6.07, 6.45) is 3.44. The summed E-state index contributed by atoms with van der Waals surface area (Å²) in [6, 6.07) is 3.16.